The van der Waals surface area contributed by atoms with E-state index in [1.807, 2.05) is 22.5 Å². The molecule has 0 radical (unpaired) electrons. The Morgan fingerprint density at radius 2 is 2.25 bits per heavy atom. The van der Waals surface area contributed by atoms with Crippen molar-refractivity contribution in [3.05, 3.63) is 23.7 Å². The van der Waals surface area contributed by atoms with Crippen LogP contribution in [0.3, 0.4) is 0 Å². The third-order valence-electron chi connectivity index (χ3n) is 2.70. The summed E-state index contributed by atoms with van der Waals surface area (Å²) in [5, 5.41) is 12.0. The highest BCUT2D eigenvalue weighted by Gasteiger charge is 2.08. The van der Waals surface area contributed by atoms with Gasteiger partial charge in [-0.15, -0.1) is 5.10 Å². The molecule has 0 atom stereocenters. The van der Waals surface area contributed by atoms with Crippen LogP contribution in [-0.4, -0.2) is 24.8 Å². The van der Waals surface area contributed by atoms with Crippen molar-refractivity contribution in [2.45, 2.75) is 26.3 Å². The number of rotatable bonds is 4. The summed E-state index contributed by atoms with van der Waals surface area (Å²) in [5.74, 6) is 0.535. The van der Waals surface area contributed by atoms with Gasteiger partial charge in [0.05, 0.1) is 5.69 Å². The first-order valence-electron chi connectivity index (χ1n) is 5.37. The van der Waals surface area contributed by atoms with Crippen LogP contribution in [0.15, 0.2) is 12.3 Å². The number of nitrogen functional groups attached to an aromatic ring is 1. The van der Waals surface area contributed by atoms with Gasteiger partial charge >= 0.3 is 0 Å². The number of nitrogens with zero attached hydrogens (tertiary/aromatic N) is 5. The van der Waals surface area contributed by atoms with Gasteiger partial charge in [0.25, 0.3) is 0 Å². The molecule has 0 aromatic carbocycles. The summed E-state index contributed by atoms with van der Waals surface area (Å²) in [6.07, 6.45) is 3.53. The second-order valence-corrected chi connectivity index (χ2v) is 3.69. The van der Waals surface area contributed by atoms with Gasteiger partial charge in [-0.05, 0) is 12.5 Å². The van der Waals surface area contributed by atoms with Crippen LogP contribution < -0.4 is 5.73 Å². The number of hydrogen-bond donors (Lipinski definition) is 1. The van der Waals surface area contributed by atoms with E-state index in [4.69, 9.17) is 5.73 Å². The molecular formula is C10H16N6. The van der Waals surface area contributed by atoms with Crippen LogP contribution in [0.2, 0.25) is 0 Å². The average Bonchev–Trinajstić information content (AvgIpc) is 2.82. The predicted octanol–water partition coefficient (Wildman–Crippen LogP) is 0.399. The highest BCUT2D eigenvalue weighted by molar-refractivity contribution is 5.32. The molecule has 2 aromatic rings. The van der Waals surface area contributed by atoms with Crippen LogP contribution in [0.25, 0.3) is 0 Å². The van der Waals surface area contributed by atoms with Crippen LogP contribution >= 0.6 is 0 Å². The molecule has 16 heavy (non-hydrogen) atoms. The first kappa shape index (κ1) is 10.7. The average molecular weight is 220 g/mol. The Hall–Kier alpha value is -1.85. The van der Waals surface area contributed by atoms with Crippen molar-refractivity contribution in [3.8, 4) is 0 Å². The second-order valence-electron chi connectivity index (χ2n) is 3.69. The van der Waals surface area contributed by atoms with Crippen LogP contribution in [0.1, 0.15) is 18.3 Å². The van der Waals surface area contributed by atoms with Gasteiger partial charge in [-0.2, -0.15) is 5.10 Å². The standard InChI is InChI=1S/C10H16N6/c1-3-9-10(11)13-14-16(9)7-5-8-4-6-12-15(8)2/h4,6H,3,5,7,11H2,1-2H3. The molecule has 2 N–H and O–H groups in total. The maximum Gasteiger partial charge on any atom is 0.169 e. The van der Waals surface area contributed by atoms with Crippen LogP contribution in [0.5, 0.6) is 0 Å². The summed E-state index contributed by atoms with van der Waals surface area (Å²) in [6, 6.07) is 2.01. The van der Waals surface area contributed by atoms with E-state index in [0.29, 0.717) is 5.82 Å². The zero-order chi connectivity index (χ0) is 11.5. The van der Waals surface area contributed by atoms with E-state index < -0.39 is 0 Å². The topological polar surface area (TPSA) is 74.6 Å². The van der Waals surface area contributed by atoms with Crippen LogP contribution in [0.4, 0.5) is 5.82 Å². The van der Waals surface area contributed by atoms with E-state index in [2.05, 4.69) is 22.3 Å². The van der Waals surface area contributed by atoms with E-state index in [9.17, 15) is 0 Å². The van der Waals surface area contributed by atoms with E-state index in [-0.39, 0.29) is 0 Å². The monoisotopic (exact) mass is 220 g/mol. The molecule has 6 nitrogen and oxygen atoms in total. The predicted molar refractivity (Wildman–Crippen MR) is 60.7 cm³/mol. The van der Waals surface area contributed by atoms with E-state index in [1.54, 1.807) is 6.20 Å². The molecule has 2 rings (SSSR count). The van der Waals surface area contributed by atoms with Crippen molar-refractivity contribution in [1.29, 1.82) is 0 Å². The Morgan fingerprint density at radius 3 is 2.88 bits per heavy atom. The van der Waals surface area contributed by atoms with Crippen molar-refractivity contribution in [2.24, 2.45) is 7.05 Å². The summed E-state index contributed by atoms with van der Waals surface area (Å²) in [6.45, 7) is 2.84. The first-order chi connectivity index (χ1) is 7.72. The molecule has 0 saturated carbocycles. The molecular weight excluding hydrogens is 204 g/mol. The lowest BCUT2D eigenvalue weighted by atomic mass is 10.3. The number of hydrogen-bond acceptors (Lipinski definition) is 4. The fourth-order valence-corrected chi connectivity index (χ4v) is 1.76. The first-order valence-corrected chi connectivity index (χ1v) is 5.37. The summed E-state index contributed by atoms with van der Waals surface area (Å²) < 4.78 is 3.73. The molecule has 0 bridgehead atoms. The third kappa shape index (κ3) is 1.91. The summed E-state index contributed by atoms with van der Waals surface area (Å²) >= 11 is 0. The largest absolute Gasteiger partial charge is 0.381 e. The lowest BCUT2D eigenvalue weighted by Crippen LogP contribution is -2.09. The molecule has 0 amide bonds. The van der Waals surface area contributed by atoms with Crippen molar-refractivity contribution in [1.82, 2.24) is 24.8 Å². The Balaban J connectivity index is 2.07. The number of anilines is 1. The SMILES string of the molecule is CCc1c(N)nnn1CCc1ccnn1C. The van der Waals surface area contributed by atoms with E-state index in [1.165, 1.54) is 5.69 Å². The van der Waals surface area contributed by atoms with Gasteiger partial charge in [-0.3, -0.25) is 4.68 Å². The number of nitrogens with two attached hydrogens (primary N) is 1. The van der Waals surface area contributed by atoms with Crippen molar-refractivity contribution >= 4 is 5.82 Å². The van der Waals surface area contributed by atoms with Gasteiger partial charge in [0.1, 0.15) is 0 Å². The highest BCUT2D eigenvalue weighted by atomic mass is 15.4. The molecule has 0 aliphatic heterocycles. The van der Waals surface area contributed by atoms with Gasteiger partial charge in [0.15, 0.2) is 5.82 Å². The van der Waals surface area contributed by atoms with Gasteiger partial charge in [0.2, 0.25) is 0 Å². The van der Waals surface area contributed by atoms with Gasteiger partial charge < -0.3 is 5.73 Å². The highest BCUT2D eigenvalue weighted by Crippen LogP contribution is 2.09. The normalized spacial score (nSPS) is 10.9. The van der Waals surface area contributed by atoms with Crippen molar-refractivity contribution < 1.29 is 0 Å². The fourth-order valence-electron chi connectivity index (χ4n) is 1.76. The summed E-state index contributed by atoms with van der Waals surface area (Å²) in [7, 11) is 1.94. The lowest BCUT2D eigenvalue weighted by molar-refractivity contribution is 0.549. The smallest absolute Gasteiger partial charge is 0.169 e. The van der Waals surface area contributed by atoms with Crippen LogP contribution in [-0.2, 0) is 26.4 Å². The maximum absolute atomic E-state index is 5.72. The zero-order valence-electron chi connectivity index (χ0n) is 9.59. The molecule has 86 valence electrons. The summed E-state index contributed by atoms with van der Waals surface area (Å²) in [4.78, 5) is 0. The number of aromatic nitrogens is 5. The Labute approximate surface area is 94.1 Å². The zero-order valence-corrected chi connectivity index (χ0v) is 9.59. The van der Waals surface area contributed by atoms with Crippen molar-refractivity contribution in [2.75, 3.05) is 5.73 Å². The third-order valence-corrected chi connectivity index (χ3v) is 2.70. The minimum absolute atomic E-state index is 0.535. The van der Waals surface area contributed by atoms with Crippen molar-refractivity contribution in [3.63, 3.8) is 0 Å². The van der Waals surface area contributed by atoms with E-state index in [0.717, 1.165) is 25.1 Å². The Morgan fingerprint density at radius 1 is 1.44 bits per heavy atom. The minimum Gasteiger partial charge on any atom is -0.381 e. The molecule has 0 fully saturated rings. The molecule has 6 heteroatoms. The lowest BCUT2D eigenvalue weighted by Gasteiger charge is -2.05. The maximum atomic E-state index is 5.72. The molecule has 0 spiro atoms. The van der Waals surface area contributed by atoms with E-state index >= 15 is 0 Å². The quantitative estimate of drug-likeness (QED) is 0.809. The van der Waals surface area contributed by atoms with Crippen LogP contribution in [0, 0.1) is 0 Å². The minimum atomic E-state index is 0.535. The summed E-state index contributed by atoms with van der Waals surface area (Å²) in [5.41, 5.74) is 7.90. The molecule has 0 aliphatic carbocycles. The van der Waals surface area contributed by atoms with Gasteiger partial charge in [-0.25, -0.2) is 4.68 Å². The number of aryl methyl sites for hydroxylation is 3. The molecule has 0 saturated heterocycles. The molecule has 0 aliphatic rings. The van der Waals surface area contributed by atoms with Gasteiger partial charge in [-0.1, -0.05) is 12.1 Å². The molecule has 2 aromatic heterocycles. The molecule has 0 unspecified atom stereocenters. The Kier molecular flexibility index (Phi) is 2.89. The fraction of sp³-hybridized carbons (Fsp3) is 0.500. The Bertz CT molecular complexity index is 469. The van der Waals surface area contributed by atoms with Gasteiger partial charge in [0, 0.05) is 31.9 Å². The molecule has 2 heterocycles. The second kappa shape index (κ2) is 4.34.